The number of rotatable bonds is 12. The van der Waals surface area contributed by atoms with E-state index in [0.29, 0.717) is 18.6 Å². The van der Waals surface area contributed by atoms with E-state index < -0.39 is 0 Å². The molecule has 0 aromatic heterocycles. The van der Waals surface area contributed by atoms with Gasteiger partial charge in [-0.1, -0.05) is 31.4 Å². The van der Waals surface area contributed by atoms with E-state index >= 15 is 0 Å². The molecular weight excluding hydrogens is 292 g/mol. The molecule has 0 unspecified atom stereocenters. The van der Waals surface area contributed by atoms with Crippen molar-refractivity contribution >= 4 is 5.78 Å². The van der Waals surface area contributed by atoms with Gasteiger partial charge in [-0.25, -0.2) is 0 Å². The zero-order valence-electron chi connectivity index (χ0n) is 14.0. The number of hydrogen-bond acceptors (Lipinski definition) is 4. The summed E-state index contributed by atoms with van der Waals surface area (Å²) in [5.41, 5.74) is 0.977. The average Bonchev–Trinajstić information content (AvgIpc) is 2.56. The molecule has 4 heteroatoms. The van der Waals surface area contributed by atoms with Crippen LogP contribution in [-0.2, 0) is 11.2 Å². The molecular formula is C19H28O4. The molecule has 0 aliphatic rings. The van der Waals surface area contributed by atoms with Crippen LogP contribution in [0.1, 0.15) is 50.5 Å². The van der Waals surface area contributed by atoms with Gasteiger partial charge in [0.1, 0.15) is 0 Å². The summed E-state index contributed by atoms with van der Waals surface area (Å²) in [5, 5.41) is 18.2. The van der Waals surface area contributed by atoms with E-state index in [1.807, 2.05) is 6.08 Å². The number of ketones is 1. The van der Waals surface area contributed by atoms with Crippen LogP contribution < -0.4 is 4.74 Å². The van der Waals surface area contributed by atoms with Gasteiger partial charge in [0.2, 0.25) is 0 Å². The molecule has 0 aliphatic heterocycles. The lowest BCUT2D eigenvalue weighted by Gasteiger charge is -2.05. The van der Waals surface area contributed by atoms with Crippen LogP contribution in [0.4, 0.5) is 0 Å². The van der Waals surface area contributed by atoms with Gasteiger partial charge < -0.3 is 14.9 Å². The summed E-state index contributed by atoms with van der Waals surface area (Å²) in [6.45, 7) is 0.279. The number of aliphatic hydroxyl groups is 1. The van der Waals surface area contributed by atoms with Gasteiger partial charge in [-0.2, -0.15) is 0 Å². The number of methoxy groups -OCH3 is 1. The molecule has 1 aromatic rings. The van der Waals surface area contributed by atoms with Crippen molar-refractivity contribution in [2.75, 3.05) is 13.7 Å². The molecule has 0 heterocycles. The van der Waals surface area contributed by atoms with E-state index in [9.17, 15) is 9.90 Å². The fraction of sp³-hybridized carbons (Fsp3) is 0.526. The Kier molecular flexibility index (Phi) is 9.80. The molecule has 4 nitrogen and oxygen atoms in total. The lowest BCUT2D eigenvalue weighted by molar-refractivity contribution is -0.114. The first-order chi connectivity index (χ1) is 11.2. The second kappa shape index (κ2) is 11.7. The third kappa shape index (κ3) is 8.41. The Hall–Kier alpha value is -1.81. The molecule has 1 aromatic carbocycles. The summed E-state index contributed by atoms with van der Waals surface area (Å²) in [6.07, 6.45) is 11.0. The van der Waals surface area contributed by atoms with E-state index in [-0.39, 0.29) is 18.1 Å². The fourth-order valence-corrected chi connectivity index (χ4v) is 2.35. The second-order valence-corrected chi connectivity index (χ2v) is 5.65. The normalized spacial score (nSPS) is 11.0. The van der Waals surface area contributed by atoms with Gasteiger partial charge in [-0.15, -0.1) is 0 Å². The van der Waals surface area contributed by atoms with Crippen molar-refractivity contribution in [1.82, 2.24) is 0 Å². The highest BCUT2D eigenvalue weighted by Crippen LogP contribution is 2.26. The number of allylic oxidation sites excluding steroid dienone is 2. The summed E-state index contributed by atoms with van der Waals surface area (Å²) in [7, 11) is 1.51. The van der Waals surface area contributed by atoms with Crippen LogP contribution in [-0.4, -0.2) is 29.7 Å². The number of aryl methyl sites for hydroxylation is 1. The Morgan fingerprint density at radius 3 is 2.65 bits per heavy atom. The van der Waals surface area contributed by atoms with E-state index in [1.165, 1.54) is 7.11 Å². The maximum Gasteiger partial charge on any atom is 0.160 e. The van der Waals surface area contributed by atoms with Crippen molar-refractivity contribution in [3.05, 3.63) is 35.9 Å². The van der Waals surface area contributed by atoms with Crippen LogP contribution in [0.3, 0.4) is 0 Å². The minimum absolute atomic E-state index is 0.112. The van der Waals surface area contributed by atoms with Crippen LogP contribution in [0.15, 0.2) is 30.4 Å². The van der Waals surface area contributed by atoms with Gasteiger partial charge in [0.15, 0.2) is 17.3 Å². The summed E-state index contributed by atoms with van der Waals surface area (Å²) in [5.74, 6) is 0.672. The van der Waals surface area contributed by atoms with Crippen LogP contribution >= 0.6 is 0 Å². The molecule has 0 aliphatic carbocycles. The molecule has 0 amide bonds. The number of unbranched alkanes of at least 4 members (excludes halogenated alkanes) is 5. The van der Waals surface area contributed by atoms with Crippen LogP contribution in [0, 0.1) is 0 Å². The lowest BCUT2D eigenvalue weighted by Crippen LogP contribution is -1.96. The number of ether oxygens (including phenoxy) is 1. The molecule has 1 rings (SSSR count). The quantitative estimate of drug-likeness (QED) is 0.454. The predicted molar refractivity (Wildman–Crippen MR) is 91.9 cm³/mol. The van der Waals surface area contributed by atoms with Gasteiger partial charge in [0.25, 0.3) is 0 Å². The maximum atomic E-state index is 11.8. The van der Waals surface area contributed by atoms with Gasteiger partial charge in [-0.3, -0.25) is 4.79 Å². The largest absolute Gasteiger partial charge is 0.504 e. The third-order valence-corrected chi connectivity index (χ3v) is 3.74. The number of carbonyl (C=O) groups is 1. The highest BCUT2D eigenvalue weighted by molar-refractivity contribution is 5.89. The summed E-state index contributed by atoms with van der Waals surface area (Å²) in [6, 6.07) is 5.16. The Balaban J connectivity index is 2.20. The van der Waals surface area contributed by atoms with Crippen molar-refractivity contribution < 1.29 is 19.7 Å². The molecule has 0 fully saturated rings. The summed E-state index contributed by atoms with van der Waals surface area (Å²) < 4.78 is 5.06. The molecule has 2 N–H and O–H groups in total. The van der Waals surface area contributed by atoms with Gasteiger partial charge in [0.05, 0.1) is 7.11 Å². The van der Waals surface area contributed by atoms with E-state index in [1.54, 1.807) is 24.3 Å². The highest BCUT2D eigenvalue weighted by Gasteiger charge is 2.04. The average molecular weight is 320 g/mol. The SMILES string of the molecule is COc1cc(CCC(=O)C=CCCCCCCCO)ccc1O. The van der Waals surface area contributed by atoms with Crippen molar-refractivity contribution in [2.24, 2.45) is 0 Å². The second-order valence-electron chi connectivity index (χ2n) is 5.65. The first-order valence-electron chi connectivity index (χ1n) is 8.33. The predicted octanol–water partition coefficient (Wildman–Crippen LogP) is 3.79. The van der Waals surface area contributed by atoms with E-state index in [2.05, 4.69) is 0 Å². The number of aromatic hydroxyl groups is 1. The number of aliphatic hydroxyl groups excluding tert-OH is 1. The molecule has 128 valence electrons. The first-order valence-corrected chi connectivity index (χ1v) is 8.33. The lowest BCUT2D eigenvalue weighted by atomic mass is 10.1. The zero-order chi connectivity index (χ0) is 16.9. The number of phenols is 1. The van der Waals surface area contributed by atoms with Gasteiger partial charge in [0, 0.05) is 13.0 Å². The van der Waals surface area contributed by atoms with Crippen molar-refractivity contribution in [3.8, 4) is 11.5 Å². The number of carbonyl (C=O) groups excluding carboxylic acids is 1. The van der Waals surface area contributed by atoms with E-state index in [0.717, 1.165) is 44.1 Å². The van der Waals surface area contributed by atoms with Crippen LogP contribution in [0.2, 0.25) is 0 Å². The monoisotopic (exact) mass is 320 g/mol. The smallest absolute Gasteiger partial charge is 0.160 e. The van der Waals surface area contributed by atoms with Crippen molar-refractivity contribution in [3.63, 3.8) is 0 Å². The first kappa shape index (κ1) is 19.2. The maximum absolute atomic E-state index is 11.8. The van der Waals surface area contributed by atoms with Crippen molar-refractivity contribution in [2.45, 2.75) is 51.4 Å². The summed E-state index contributed by atoms with van der Waals surface area (Å²) in [4.78, 5) is 11.8. The molecule has 0 saturated carbocycles. The Labute approximate surface area is 138 Å². The fourth-order valence-electron chi connectivity index (χ4n) is 2.35. The molecule has 0 bridgehead atoms. The Morgan fingerprint density at radius 1 is 1.17 bits per heavy atom. The number of benzene rings is 1. The zero-order valence-corrected chi connectivity index (χ0v) is 14.0. The van der Waals surface area contributed by atoms with E-state index in [4.69, 9.17) is 9.84 Å². The molecule has 23 heavy (non-hydrogen) atoms. The molecule has 0 spiro atoms. The Bertz CT molecular complexity index is 494. The number of hydrogen-bond donors (Lipinski definition) is 2. The minimum atomic E-state index is 0.112. The van der Waals surface area contributed by atoms with Crippen LogP contribution in [0.5, 0.6) is 11.5 Å². The van der Waals surface area contributed by atoms with Gasteiger partial charge in [-0.05, 0) is 49.5 Å². The van der Waals surface area contributed by atoms with Crippen molar-refractivity contribution in [1.29, 1.82) is 0 Å². The molecule has 0 radical (unpaired) electrons. The highest BCUT2D eigenvalue weighted by atomic mass is 16.5. The molecule has 0 atom stereocenters. The van der Waals surface area contributed by atoms with Crippen LogP contribution in [0.25, 0.3) is 0 Å². The molecule has 0 saturated heterocycles. The Morgan fingerprint density at radius 2 is 1.91 bits per heavy atom. The minimum Gasteiger partial charge on any atom is -0.504 e. The standard InChI is InChI=1S/C19H28O4/c1-23-19-15-16(11-13-18(19)22)10-12-17(21)9-7-5-3-2-4-6-8-14-20/h7,9,11,13,15,20,22H,2-6,8,10,12,14H2,1H3. The summed E-state index contributed by atoms with van der Waals surface area (Å²) >= 11 is 0. The number of phenolic OH excluding ortho intramolecular Hbond substituents is 1. The third-order valence-electron chi connectivity index (χ3n) is 3.74. The topological polar surface area (TPSA) is 66.8 Å². The van der Waals surface area contributed by atoms with Gasteiger partial charge >= 0.3 is 0 Å².